The third-order valence-corrected chi connectivity index (χ3v) is 5.06. The Hall–Kier alpha value is -0.960. The van der Waals surface area contributed by atoms with Crippen LogP contribution in [-0.2, 0) is 0 Å². The zero-order valence-electron chi connectivity index (χ0n) is 9.42. The highest BCUT2D eigenvalue weighted by Crippen LogP contribution is 2.32. The van der Waals surface area contributed by atoms with Crippen molar-refractivity contribution < 1.29 is 0 Å². The third kappa shape index (κ3) is 1.38. The van der Waals surface area contributed by atoms with Gasteiger partial charge in [-0.25, -0.2) is 0 Å². The van der Waals surface area contributed by atoms with Gasteiger partial charge in [0.15, 0.2) is 0 Å². The molecule has 1 heteroatoms. The van der Waals surface area contributed by atoms with Crippen LogP contribution in [0.15, 0.2) is 28.3 Å². The van der Waals surface area contributed by atoms with Crippen LogP contribution in [0.2, 0.25) is 0 Å². The van der Waals surface area contributed by atoms with Crippen LogP contribution in [0.5, 0.6) is 0 Å². The minimum Gasteiger partial charge on any atom is -0.0931 e. The second-order valence-corrected chi connectivity index (χ2v) is 6.21. The van der Waals surface area contributed by atoms with Crippen LogP contribution >= 0.6 is 20.7 Å². The lowest BCUT2D eigenvalue weighted by molar-refractivity contribution is 1.42. The van der Waals surface area contributed by atoms with Gasteiger partial charge in [0.25, 0.3) is 0 Å². The molecule has 0 atom stereocenters. The summed E-state index contributed by atoms with van der Waals surface area (Å²) in [7, 11) is 0. The van der Waals surface area contributed by atoms with E-state index in [1.54, 1.807) is 0 Å². The van der Waals surface area contributed by atoms with E-state index < -0.39 is 0 Å². The van der Waals surface area contributed by atoms with Crippen LogP contribution in [0.25, 0.3) is 16.8 Å². The van der Waals surface area contributed by atoms with Gasteiger partial charge in [-0.3, -0.25) is 0 Å². The van der Waals surface area contributed by atoms with Gasteiger partial charge in [0, 0.05) is 0 Å². The van der Waals surface area contributed by atoms with E-state index in [1.165, 1.54) is 33.0 Å². The van der Waals surface area contributed by atoms with Gasteiger partial charge in [0.05, 0.1) is 0 Å². The lowest BCUT2D eigenvalue weighted by Crippen LogP contribution is -1.98. The van der Waals surface area contributed by atoms with Crippen LogP contribution in [-0.4, -0.2) is 4.01 Å². The summed E-state index contributed by atoms with van der Waals surface area (Å²) in [6.07, 6.45) is 2.32. The zero-order valence-corrected chi connectivity index (χ0v) is 11.6. The quantitative estimate of drug-likeness (QED) is 0.624. The molecule has 0 aliphatic carbocycles. The SMILES string of the molecule is Cc1c2c(c(C)c3ccccc13)C=IC=C2. The van der Waals surface area contributed by atoms with Gasteiger partial charge in [-0.2, -0.15) is 0 Å². The maximum absolute atomic E-state index is 2.45. The highest BCUT2D eigenvalue weighted by atomic mass is 127. The van der Waals surface area contributed by atoms with E-state index in [4.69, 9.17) is 0 Å². The lowest BCUT2D eigenvalue weighted by Gasteiger charge is -2.16. The predicted molar refractivity (Wildman–Crippen MR) is 81.6 cm³/mol. The van der Waals surface area contributed by atoms with E-state index in [-0.39, 0.29) is 20.7 Å². The number of hydrogen-bond acceptors (Lipinski definition) is 0. The summed E-state index contributed by atoms with van der Waals surface area (Å²) in [4.78, 5) is 0. The van der Waals surface area contributed by atoms with Crippen molar-refractivity contribution in [2.45, 2.75) is 13.8 Å². The number of aryl methyl sites for hydroxylation is 2. The van der Waals surface area contributed by atoms with E-state index in [1.807, 2.05) is 0 Å². The van der Waals surface area contributed by atoms with Gasteiger partial charge in [0.2, 0.25) is 0 Å². The van der Waals surface area contributed by atoms with Crippen molar-refractivity contribution in [2.75, 3.05) is 0 Å². The van der Waals surface area contributed by atoms with E-state index in [9.17, 15) is 0 Å². The maximum Gasteiger partial charge on any atom is -0.00887 e. The minimum atomic E-state index is 0.134. The predicted octanol–water partition coefficient (Wildman–Crippen LogP) is 4.56. The Morgan fingerprint density at radius 3 is 2.19 bits per heavy atom. The summed E-state index contributed by atoms with van der Waals surface area (Å²) in [6, 6.07) is 8.73. The Kier molecular flexibility index (Phi) is 2.43. The molecule has 0 fully saturated rings. The summed E-state index contributed by atoms with van der Waals surface area (Å²) in [5, 5.41) is 2.81. The summed E-state index contributed by atoms with van der Waals surface area (Å²) < 4.78 is 4.80. The number of benzene rings is 2. The molecule has 1 aliphatic heterocycles. The molecule has 0 aromatic heterocycles. The minimum absolute atomic E-state index is 0.134. The first-order valence-corrected chi connectivity index (χ1v) is 7.92. The molecule has 0 saturated heterocycles. The van der Waals surface area contributed by atoms with Gasteiger partial charge in [-0.15, -0.1) is 0 Å². The number of halogens is 1. The average Bonchev–Trinajstić information content (AvgIpc) is 2.36. The fourth-order valence-electron chi connectivity index (χ4n) is 2.39. The molecular formula is C15H13I. The molecule has 0 spiro atoms. The van der Waals surface area contributed by atoms with Gasteiger partial charge in [0.1, 0.15) is 0 Å². The second kappa shape index (κ2) is 3.81. The molecule has 0 radical (unpaired) electrons. The van der Waals surface area contributed by atoms with Crippen LogP contribution in [0.3, 0.4) is 0 Å². The lowest BCUT2D eigenvalue weighted by atomic mass is 9.91. The van der Waals surface area contributed by atoms with Crippen molar-refractivity contribution in [1.29, 1.82) is 0 Å². The van der Waals surface area contributed by atoms with Crippen molar-refractivity contribution >= 4 is 41.6 Å². The van der Waals surface area contributed by atoms with E-state index >= 15 is 0 Å². The Bertz CT molecular complexity index is 577. The monoisotopic (exact) mass is 320 g/mol. The van der Waals surface area contributed by atoms with Crippen molar-refractivity contribution in [3.63, 3.8) is 0 Å². The zero-order chi connectivity index (χ0) is 11.1. The van der Waals surface area contributed by atoms with E-state index in [2.05, 4.69) is 52.3 Å². The number of rotatable bonds is 0. The first kappa shape index (κ1) is 10.2. The van der Waals surface area contributed by atoms with Crippen LogP contribution in [0.4, 0.5) is 0 Å². The van der Waals surface area contributed by atoms with Gasteiger partial charge >= 0.3 is 0 Å². The molecule has 0 amide bonds. The molecule has 3 rings (SSSR count). The van der Waals surface area contributed by atoms with Gasteiger partial charge in [-0.05, 0) is 61.0 Å². The maximum atomic E-state index is 2.45. The van der Waals surface area contributed by atoms with Gasteiger partial charge < -0.3 is 0 Å². The van der Waals surface area contributed by atoms with Crippen molar-refractivity contribution in [1.82, 2.24) is 0 Å². The van der Waals surface area contributed by atoms with E-state index in [0.717, 1.165) is 0 Å². The van der Waals surface area contributed by atoms with Crippen molar-refractivity contribution in [2.24, 2.45) is 0 Å². The molecular weight excluding hydrogens is 307 g/mol. The molecule has 16 heavy (non-hydrogen) atoms. The molecule has 1 aliphatic rings. The number of hydrogen-bond donors (Lipinski definition) is 0. The summed E-state index contributed by atoms with van der Waals surface area (Å²) >= 11 is 0.134. The largest absolute Gasteiger partial charge is 0.0931 e. The molecule has 2 aromatic carbocycles. The first-order valence-electron chi connectivity index (χ1n) is 5.42. The molecule has 1 heterocycles. The topological polar surface area (TPSA) is 0 Å². The molecule has 0 saturated carbocycles. The highest BCUT2D eigenvalue weighted by molar-refractivity contribution is 14.2. The van der Waals surface area contributed by atoms with Crippen molar-refractivity contribution in [3.05, 3.63) is 50.6 Å². The first-order chi connectivity index (χ1) is 7.79. The normalized spacial score (nSPS) is 13.6. The summed E-state index contributed by atoms with van der Waals surface area (Å²) in [6.45, 7) is 4.49. The van der Waals surface area contributed by atoms with E-state index in [0.29, 0.717) is 0 Å². The summed E-state index contributed by atoms with van der Waals surface area (Å²) in [5.74, 6) is 0. The molecule has 0 unspecified atom stereocenters. The second-order valence-electron chi connectivity index (χ2n) is 4.15. The molecule has 0 bridgehead atoms. The fraction of sp³-hybridized carbons (Fsp3) is 0.133. The molecule has 0 nitrogen and oxygen atoms in total. The molecule has 2 aromatic rings. The Labute approximate surface area is 106 Å². The highest BCUT2D eigenvalue weighted by Gasteiger charge is 2.11. The molecule has 80 valence electrons. The Morgan fingerprint density at radius 2 is 1.50 bits per heavy atom. The summed E-state index contributed by atoms with van der Waals surface area (Å²) in [5.41, 5.74) is 5.78. The molecule has 0 N–H and O–H groups in total. The standard InChI is InChI=1S/C15H13I/c1-10-12-5-3-4-6-13(12)11(2)15-9-16-8-7-14(10)15/h3-9H,1-2H3. The van der Waals surface area contributed by atoms with Crippen LogP contribution in [0.1, 0.15) is 22.3 Å². The average molecular weight is 320 g/mol. The van der Waals surface area contributed by atoms with Crippen LogP contribution in [0, 0.1) is 13.8 Å². The van der Waals surface area contributed by atoms with Gasteiger partial charge in [-0.1, -0.05) is 45.0 Å². The smallest absolute Gasteiger partial charge is 0.00887 e. The Balaban J connectivity index is 2.55. The number of fused-ring (bicyclic) bond motifs is 2. The van der Waals surface area contributed by atoms with Crippen LogP contribution < -0.4 is 0 Å². The third-order valence-electron chi connectivity index (χ3n) is 3.31. The Morgan fingerprint density at radius 1 is 0.875 bits per heavy atom. The van der Waals surface area contributed by atoms with Crippen molar-refractivity contribution in [3.8, 4) is 0 Å². The fourth-order valence-corrected chi connectivity index (χ4v) is 4.32.